The first-order valence-electron chi connectivity index (χ1n) is 12.2. The van der Waals surface area contributed by atoms with Crippen molar-refractivity contribution in [3.8, 4) is 0 Å². The van der Waals surface area contributed by atoms with E-state index in [0.717, 1.165) is 70.6 Å². The Hall–Kier alpha value is -3.44. The minimum Gasteiger partial charge on any atom is -0.383 e. The SMILES string of the molecule is C=C/C(=C\N(C)C)c1cccc(C2=NC(NC3CC[C@H](N)C3)=C(C(/C=N\C)=C/C(=C)C)C=CC2)c1. The third-order valence-electron chi connectivity index (χ3n) is 6.04. The Labute approximate surface area is 210 Å². The van der Waals surface area contributed by atoms with E-state index in [4.69, 9.17) is 10.7 Å². The van der Waals surface area contributed by atoms with Crippen LogP contribution in [0.4, 0.5) is 0 Å². The minimum atomic E-state index is 0.237. The summed E-state index contributed by atoms with van der Waals surface area (Å²) in [4.78, 5) is 11.5. The van der Waals surface area contributed by atoms with Crippen molar-refractivity contribution in [2.24, 2.45) is 15.7 Å². The van der Waals surface area contributed by atoms with E-state index >= 15 is 0 Å². The zero-order chi connectivity index (χ0) is 25.4. The van der Waals surface area contributed by atoms with Gasteiger partial charge in [-0.15, -0.1) is 0 Å². The topological polar surface area (TPSA) is 66.0 Å². The average molecular weight is 470 g/mol. The standard InChI is InChI=1S/C30H39N5/c1-7-22(20-35(5)6)23-10-8-11-24(17-23)29-13-9-12-28(25(19-32-4)16-21(2)3)30(34-29)33-27-15-14-26(31)18-27/h7-12,16-17,19-20,26-27,33H,1-2,13-15,18,31H2,3-6H3/b22-20+,25-16+,32-19-/t26-,27?/m0/s1. The molecule has 1 aromatic rings. The fourth-order valence-corrected chi connectivity index (χ4v) is 4.47. The Morgan fingerprint density at radius 3 is 2.69 bits per heavy atom. The third-order valence-corrected chi connectivity index (χ3v) is 6.04. The monoisotopic (exact) mass is 469 g/mol. The summed E-state index contributed by atoms with van der Waals surface area (Å²) in [5, 5.41) is 3.72. The lowest BCUT2D eigenvalue weighted by Crippen LogP contribution is -2.28. The highest BCUT2D eigenvalue weighted by atomic mass is 15.1. The summed E-state index contributed by atoms with van der Waals surface area (Å²) in [6, 6.07) is 9.05. The Morgan fingerprint density at radius 1 is 1.26 bits per heavy atom. The Balaban J connectivity index is 2.11. The van der Waals surface area contributed by atoms with Crippen molar-refractivity contribution in [2.45, 2.75) is 44.7 Å². The number of allylic oxidation sites excluding steroid dienone is 8. The highest BCUT2D eigenvalue weighted by molar-refractivity contribution is 6.03. The number of hydrogen-bond donors (Lipinski definition) is 2. The molecule has 1 fully saturated rings. The smallest absolute Gasteiger partial charge is 0.134 e. The van der Waals surface area contributed by atoms with Gasteiger partial charge in [0.2, 0.25) is 0 Å². The maximum absolute atomic E-state index is 6.21. The molecule has 3 rings (SSSR count). The molecule has 5 nitrogen and oxygen atoms in total. The summed E-state index contributed by atoms with van der Waals surface area (Å²) in [5.74, 6) is 0.860. The molecular weight excluding hydrogens is 430 g/mol. The van der Waals surface area contributed by atoms with E-state index in [0.29, 0.717) is 6.04 Å². The molecule has 0 spiro atoms. The average Bonchev–Trinajstić information content (AvgIpc) is 3.10. The van der Waals surface area contributed by atoms with Crippen LogP contribution in [0.1, 0.15) is 43.7 Å². The molecule has 1 heterocycles. The van der Waals surface area contributed by atoms with Crippen LogP contribution in [-0.2, 0) is 0 Å². The minimum absolute atomic E-state index is 0.237. The van der Waals surface area contributed by atoms with Gasteiger partial charge < -0.3 is 16.0 Å². The van der Waals surface area contributed by atoms with Crippen molar-refractivity contribution < 1.29 is 0 Å². The zero-order valence-corrected chi connectivity index (χ0v) is 21.6. The van der Waals surface area contributed by atoms with Gasteiger partial charge in [0.15, 0.2) is 0 Å². The van der Waals surface area contributed by atoms with E-state index in [1.165, 1.54) is 0 Å². The predicted molar refractivity (Wildman–Crippen MR) is 152 cm³/mol. The molecule has 184 valence electrons. The maximum atomic E-state index is 6.21. The third kappa shape index (κ3) is 7.27. The quantitative estimate of drug-likeness (QED) is 0.375. The van der Waals surface area contributed by atoms with Gasteiger partial charge in [-0.2, -0.15) is 0 Å². The molecule has 2 aliphatic rings. The molecule has 1 aliphatic heterocycles. The second-order valence-corrected chi connectivity index (χ2v) is 9.51. The van der Waals surface area contributed by atoms with Gasteiger partial charge in [-0.1, -0.05) is 61.2 Å². The molecule has 0 radical (unpaired) electrons. The first-order chi connectivity index (χ1) is 16.8. The van der Waals surface area contributed by atoms with Crippen LogP contribution >= 0.6 is 0 Å². The van der Waals surface area contributed by atoms with Crippen LogP contribution in [0, 0.1) is 0 Å². The van der Waals surface area contributed by atoms with Gasteiger partial charge in [-0.25, -0.2) is 4.99 Å². The summed E-state index contributed by atoms with van der Waals surface area (Å²) in [7, 11) is 5.82. The van der Waals surface area contributed by atoms with Crippen LogP contribution in [0.3, 0.4) is 0 Å². The molecule has 1 unspecified atom stereocenters. The molecule has 0 saturated heterocycles. The lowest BCUT2D eigenvalue weighted by atomic mass is 10.00. The molecule has 1 aliphatic carbocycles. The van der Waals surface area contributed by atoms with E-state index in [-0.39, 0.29) is 6.04 Å². The summed E-state index contributed by atoms with van der Waals surface area (Å²) in [5.41, 5.74) is 13.5. The molecule has 5 heteroatoms. The summed E-state index contributed by atoms with van der Waals surface area (Å²) in [6.07, 6.45) is 16.0. The van der Waals surface area contributed by atoms with Gasteiger partial charge in [-0.05, 0) is 49.0 Å². The van der Waals surface area contributed by atoms with Crippen LogP contribution in [0.5, 0.6) is 0 Å². The van der Waals surface area contributed by atoms with E-state index in [2.05, 4.69) is 72.2 Å². The molecule has 0 aromatic heterocycles. The molecule has 1 aromatic carbocycles. The van der Waals surface area contributed by atoms with Crippen molar-refractivity contribution in [2.75, 3.05) is 21.1 Å². The van der Waals surface area contributed by atoms with Crippen molar-refractivity contribution in [3.63, 3.8) is 0 Å². The molecule has 0 amide bonds. The van der Waals surface area contributed by atoms with Crippen molar-refractivity contribution in [3.05, 3.63) is 102 Å². The highest BCUT2D eigenvalue weighted by Crippen LogP contribution is 2.26. The van der Waals surface area contributed by atoms with Crippen molar-refractivity contribution in [1.29, 1.82) is 0 Å². The van der Waals surface area contributed by atoms with Gasteiger partial charge in [0.25, 0.3) is 0 Å². The van der Waals surface area contributed by atoms with Crippen molar-refractivity contribution in [1.82, 2.24) is 10.2 Å². The molecule has 3 N–H and O–H groups in total. The van der Waals surface area contributed by atoms with Gasteiger partial charge >= 0.3 is 0 Å². The maximum Gasteiger partial charge on any atom is 0.134 e. The normalized spacial score (nSPS) is 21.2. The number of hydrogen-bond acceptors (Lipinski definition) is 5. The number of nitrogens with two attached hydrogens (primary N) is 1. The number of nitrogens with one attached hydrogen (secondary N) is 1. The Bertz CT molecular complexity index is 1130. The van der Waals surface area contributed by atoms with E-state index in [1.54, 1.807) is 7.05 Å². The summed E-state index contributed by atoms with van der Waals surface area (Å²) < 4.78 is 0. The second kappa shape index (κ2) is 12.3. The molecule has 1 saturated carbocycles. The Kier molecular flexibility index (Phi) is 9.21. The van der Waals surface area contributed by atoms with Crippen LogP contribution < -0.4 is 11.1 Å². The van der Waals surface area contributed by atoms with Gasteiger partial charge in [0.05, 0.1) is 5.71 Å². The van der Waals surface area contributed by atoms with E-state index < -0.39 is 0 Å². The van der Waals surface area contributed by atoms with Crippen LogP contribution in [0.25, 0.3) is 5.57 Å². The summed E-state index contributed by atoms with van der Waals surface area (Å²) >= 11 is 0. The molecular formula is C30H39N5. The van der Waals surface area contributed by atoms with E-state index in [9.17, 15) is 0 Å². The number of nitrogens with zero attached hydrogens (tertiary/aromatic N) is 3. The summed E-state index contributed by atoms with van der Waals surface area (Å²) in [6.45, 7) is 10.1. The lowest BCUT2D eigenvalue weighted by Gasteiger charge is -2.18. The van der Waals surface area contributed by atoms with Gasteiger partial charge in [-0.3, -0.25) is 4.99 Å². The first kappa shape index (κ1) is 26.2. The fraction of sp³-hybridized carbons (Fsp3) is 0.333. The molecule has 0 bridgehead atoms. The van der Waals surface area contributed by atoms with Crippen LogP contribution in [-0.4, -0.2) is 50.1 Å². The number of benzene rings is 1. The van der Waals surface area contributed by atoms with E-state index in [1.807, 2.05) is 38.2 Å². The van der Waals surface area contributed by atoms with Gasteiger partial charge in [0.1, 0.15) is 5.82 Å². The fourth-order valence-electron chi connectivity index (χ4n) is 4.47. The second-order valence-electron chi connectivity index (χ2n) is 9.51. The van der Waals surface area contributed by atoms with Crippen LogP contribution in [0.2, 0.25) is 0 Å². The number of aliphatic imine (C=N–C) groups is 2. The highest BCUT2D eigenvalue weighted by Gasteiger charge is 2.24. The molecule has 2 atom stereocenters. The lowest BCUT2D eigenvalue weighted by molar-refractivity contribution is 0.566. The number of rotatable bonds is 9. The van der Waals surface area contributed by atoms with Gasteiger partial charge in [0, 0.05) is 63.2 Å². The predicted octanol–water partition coefficient (Wildman–Crippen LogP) is 5.41. The van der Waals surface area contributed by atoms with Crippen LogP contribution in [0.15, 0.2) is 100 Å². The first-order valence-corrected chi connectivity index (χ1v) is 12.2. The molecule has 35 heavy (non-hydrogen) atoms. The largest absolute Gasteiger partial charge is 0.383 e. The zero-order valence-electron chi connectivity index (χ0n) is 21.6. The van der Waals surface area contributed by atoms with Crippen molar-refractivity contribution >= 4 is 17.5 Å². The Morgan fingerprint density at radius 2 is 2.06 bits per heavy atom.